The normalized spacial score (nSPS) is 18.6. The number of benzene rings is 2. The summed E-state index contributed by atoms with van der Waals surface area (Å²) in [7, 11) is 1.36. The lowest BCUT2D eigenvalue weighted by atomic mass is 9.93. The highest BCUT2D eigenvalue weighted by atomic mass is 16.5. The summed E-state index contributed by atoms with van der Waals surface area (Å²) in [5.41, 5.74) is 7.00. The third kappa shape index (κ3) is 6.72. The van der Waals surface area contributed by atoms with Crippen LogP contribution in [0.1, 0.15) is 61.2 Å². The fourth-order valence-electron chi connectivity index (χ4n) is 6.22. The fourth-order valence-corrected chi connectivity index (χ4v) is 6.22. The van der Waals surface area contributed by atoms with Crippen molar-refractivity contribution in [1.29, 1.82) is 0 Å². The zero-order chi connectivity index (χ0) is 31.3. The molecule has 0 unspecified atom stereocenters. The van der Waals surface area contributed by atoms with Crippen LogP contribution in [0.5, 0.6) is 0 Å². The number of anilines is 1. The molecule has 45 heavy (non-hydrogen) atoms. The Labute approximate surface area is 263 Å². The summed E-state index contributed by atoms with van der Waals surface area (Å²) < 4.78 is 6.93. The molecule has 2 aromatic carbocycles. The van der Waals surface area contributed by atoms with E-state index in [0.717, 1.165) is 40.1 Å². The average molecular weight is 604 g/mol. The Bertz CT molecular complexity index is 1750. The van der Waals surface area contributed by atoms with Gasteiger partial charge in [-0.15, -0.1) is 0 Å². The van der Waals surface area contributed by atoms with Gasteiger partial charge in [-0.05, 0) is 59.7 Å². The lowest BCUT2D eigenvalue weighted by Gasteiger charge is -2.34. The first-order valence-electron chi connectivity index (χ1n) is 15.4. The molecule has 1 N–H and O–H groups in total. The van der Waals surface area contributed by atoms with E-state index in [0.29, 0.717) is 38.0 Å². The molecule has 9 heteroatoms. The van der Waals surface area contributed by atoms with E-state index in [-0.39, 0.29) is 36.2 Å². The van der Waals surface area contributed by atoms with E-state index >= 15 is 0 Å². The van der Waals surface area contributed by atoms with Gasteiger partial charge in [0.25, 0.3) is 0 Å². The van der Waals surface area contributed by atoms with Crippen molar-refractivity contribution in [3.8, 4) is 11.1 Å². The predicted octanol–water partition coefficient (Wildman–Crippen LogP) is 5.82. The second-order valence-electron chi connectivity index (χ2n) is 11.8. The molecule has 2 aromatic heterocycles. The zero-order valence-corrected chi connectivity index (χ0v) is 25.6. The summed E-state index contributed by atoms with van der Waals surface area (Å²) in [6, 6.07) is 19.5. The summed E-state index contributed by atoms with van der Waals surface area (Å²) in [6.07, 6.45) is 10.1. The molecule has 0 saturated heterocycles. The van der Waals surface area contributed by atoms with Crippen molar-refractivity contribution in [2.75, 3.05) is 19.0 Å². The minimum atomic E-state index is -0.346. The molecule has 2 bridgehead atoms. The Morgan fingerprint density at radius 3 is 2.69 bits per heavy atom. The number of fused-ring (bicyclic) bond motifs is 4. The standard InChI is InChI=1S/C36H37N5O4/c1-24-7-6-10-32(41-16-14-28(20-34(41)42)33-21-37-23-40(33)22-25-8-4-3-5-9-25)31-19-27(13-15-38-31)29-12-11-26(18-35(43)45-2)17-30(29)39-36(24)44/h3-5,8-9,11-13,15,17,19-21,23-24,32H,6-7,10,14,16,18,22H2,1-2H3,(H,39,44)/t24-,32+/m1/s1. The summed E-state index contributed by atoms with van der Waals surface area (Å²) in [4.78, 5) is 50.0. The molecule has 230 valence electrons. The number of carbonyl (C=O) groups is 3. The van der Waals surface area contributed by atoms with E-state index in [1.54, 1.807) is 12.3 Å². The number of ether oxygens (including phenoxy) is 1. The van der Waals surface area contributed by atoms with E-state index in [4.69, 9.17) is 9.72 Å². The van der Waals surface area contributed by atoms with E-state index in [2.05, 4.69) is 27.0 Å². The van der Waals surface area contributed by atoms with Crippen molar-refractivity contribution >= 4 is 29.0 Å². The van der Waals surface area contributed by atoms with Crippen molar-refractivity contribution in [2.24, 2.45) is 5.92 Å². The lowest BCUT2D eigenvalue weighted by Crippen LogP contribution is -2.38. The van der Waals surface area contributed by atoms with Crippen molar-refractivity contribution in [3.05, 3.63) is 108 Å². The van der Waals surface area contributed by atoms with Crippen LogP contribution in [-0.2, 0) is 32.1 Å². The number of carbonyl (C=O) groups excluding carboxylic acids is 3. The first kappa shape index (κ1) is 30.0. The van der Waals surface area contributed by atoms with Gasteiger partial charge in [0.2, 0.25) is 11.8 Å². The number of hydrogen-bond acceptors (Lipinski definition) is 6. The molecule has 2 aliphatic heterocycles. The number of esters is 1. The first-order chi connectivity index (χ1) is 21.9. The van der Waals surface area contributed by atoms with E-state index in [1.807, 2.05) is 72.9 Å². The van der Waals surface area contributed by atoms with Crippen molar-refractivity contribution in [3.63, 3.8) is 0 Å². The van der Waals surface area contributed by atoms with E-state index in [9.17, 15) is 14.4 Å². The first-order valence-corrected chi connectivity index (χ1v) is 15.4. The number of nitrogens with zero attached hydrogens (tertiary/aromatic N) is 4. The van der Waals surface area contributed by atoms with Gasteiger partial charge in [0.15, 0.2) is 0 Å². The number of methoxy groups -OCH3 is 1. The SMILES string of the molecule is COC(=O)Cc1ccc2c(c1)NC(=O)[C@H](C)CCC[C@H](N1CCC(c3cncn3Cc3ccccc3)=CC1=O)c1cc-2ccn1. The lowest BCUT2D eigenvalue weighted by molar-refractivity contribution is -0.139. The minimum absolute atomic E-state index is 0.0494. The molecule has 4 heterocycles. The Hall–Kier alpha value is -5.05. The van der Waals surface area contributed by atoms with Crippen molar-refractivity contribution < 1.29 is 19.1 Å². The van der Waals surface area contributed by atoms with Crippen LogP contribution in [0.3, 0.4) is 0 Å². The van der Waals surface area contributed by atoms with E-state index < -0.39 is 0 Å². The van der Waals surface area contributed by atoms with Crippen LogP contribution in [0.15, 0.2) is 85.5 Å². The number of amides is 2. The minimum Gasteiger partial charge on any atom is -0.469 e. The van der Waals surface area contributed by atoms with Crippen molar-refractivity contribution in [2.45, 2.75) is 51.6 Å². The molecule has 0 aliphatic carbocycles. The largest absolute Gasteiger partial charge is 0.469 e. The second-order valence-corrected chi connectivity index (χ2v) is 11.8. The zero-order valence-electron chi connectivity index (χ0n) is 25.6. The molecule has 0 spiro atoms. The smallest absolute Gasteiger partial charge is 0.309 e. The van der Waals surface area contributed by atoms with E-state index in [1.165, 1.54) is 12.7 Å². The number of rotatable bonds is 6. The van der Waals surface area contributed by atoms with Gasteiger partial charge >= 0.3 is 5.97 Å². The van der Waals surface area contributed by atoms with Crippen LogP contribution < -0.4 is 5.32 Å². The molecule has 2 atom stereocenters. The monoisotopic (exact) mass is 603 g/mol. The maximum Gasteiger partial charge on any atom is 0.309 e. The maximum atomic E-state index is 13.8. The average Bonchev–Trinajstić information content (AvgIpc) is 3.51. The molecule has 2 aliphatic rings. The third-order valence-corrected chi connectivity index (χ3v) is 8.73. The van der Waals surface area contributed by atoms with Crippen molar-refractivity contribution in [1.82, 2.24) is 19.4 Å². The highest BCUT2D eigenvalue weighted by Gasteiger charge is 2.30. The molecule has 9 nitrogen and oxygen atoms in total. The molecule has 4 aromatic rings. The number of pyridine rings is 1. The maximum absolute atomic E-state index is 13.8. The number of imidazole rings is 1. The number of nitrogens with one attached hydrogen (secondary N) is 1. The van der Waals surface area contributed by atoms with Crippen LogP contribution >= 0.6 is 0 Å². The molecule has 6 rings (SSSR count). The van der Waals surface area contributed by atoms with Crippen LogP contribution in [0.4, 0.5) is 5.69 Å². The molecule has 0 fully saturated rings. The van der Waals surface area contributed by atoms with Gasteiger partial charge in [-0.25, -0.2) is 4.98 Å². The summed E-state index contributed by atoms with van der Waals surface area (Å²) >= 11 is 0. The van der Waals surface area contributed by atoms with Gasteiger partial charge in [-0.3, -0.25) is 19.4 Å². The number of hydrogen-bond donors (Lipinski definition) is 1. The van der Waals surface area contributed by atoms with Crippen LogP contribution in [0, 0.1) is 5.92 Å². The molecule has 0 radical (unpaired) electrons. The Morgan fingerprint density at radius 1 is 1.04 bits per heavy atom. The number of aromatic nitrogens is 3. The van der Waals surface area contributed by atoms with Crippen LogP contribution in [0.2, 0.25) is 0 Å². The Balaban J connectivity index is 1.31. The summed E-state index contributed by atoms with van der Waals surface area (Å²) in [6.45, 7) is 3.16. The predicted molar refractivity (Wildman–Crippen MR) is 172 cm³/mol. The molecular weight excluding hydrogens is 566 g/mol. The molecular formula is C36H37N5O4. The third-order valence-electron chi connectivity index (χ3n) is 8.73. The molecule has 2 amide bonds. The van der Waals surface area contributed by atoms with Gasteiger partial charge in [0.05, 0.1) is 43.5 Å². The van der Waals surface area contributed by atoms with Crippen LogP contribution in [-0.4, -0.2) is 50.9 Å². The summed E-state index contributed by atoms with van der Waals surface area (Å²) in [5, 5.41) is 3.10. The summed E-state index contributed by atoms with van der Waals surface area (Å²) in [5.74, 6) is -0.707. The van der Waals surface area contributed by atoms with Gasteiger partial charge in [-0.1, -0.05) is 55.8 Å². The Morgan fingerprint density at radius 2 is 1.89 bits per heavy atom. The van der Waals surface area contributed by atoms with Gasteiger partial charge < -0.3 is 19.5 Å². The highest BCUT2D eigenvalue weighted by molar-refractivity contribution is 5.98. The van der Waals surface area contributed by atoms with Gasteiger partial charge in [-0.2, -0.15) is 0 Å². The molecule has 0 saturated carbocycles. The highest BCUT2D eigenvalue weighted by Crippen LogP contribution is 2.36. The second kappa shape index (κ2) is 13.3. The van der Waals surface area contributed by atoms with Gasteiger partial charge in [0.1, 0.15) is 0 Å². The Kier molecular flexibility index (Phi) is 8.86. The quantitative estimate of drug-likeness (QED) is 0.278. The van der Waals surface area contributed by atoms with Gasteiger partial charge in [0, 0.05) is 42.5 Å². The topological polar surface area (TPSA) is 106 Å². The fraction of sp³-hybridized carbons (Fsp3) is 0.306. The van der Waals surface area contributed by atoms with Crippen LogP contribution in [0.25, 0.3) is 16.7 Å².